The number of rotatable bonds is 6. The first-order valence-corrected chi connectivity index (χ1v) is 4.13. The van der Waals surface area contributed by atoms with Crippen molar-refractivity contribution >= 4 is 23.9 Å². The predicted octanol–water partition coefficient (Wildman–Crippen LogP) is -0.131. The van der Waals surface area contributed by atoms with Crippen molar-refractivity contribution in [1.29, 1.82) is 0 Å². The molecule has 0 saturated carbocycles. The van der Waals surface area contributed by atoms with Gasteiger partial charge in [0.15, 0.2) is 0 Å². The molecule has 0 fully saturated rings. The van der Waals surface area contributed by atoms with Crippen molar-refractivity contribution in [2.75, 3.05) is 0 Å². The monoisotopic (exact) mass is 326 g/mol. The van der Waals surface area contributed by atoms with Crippen LogP contribution in [0.1, 0.15) is 25.7 Å². The fourth-order valence-electron chi connectivity index (χ4n) is 0.428. The van der Waals surface area contributed by atoms with Crippen LogP contribution in [-0.4, -0.2) is 44.3 Å². The SMILES string of the molecule is O=C(O)CCC(=O)O.O=C(O)CCC(=O)O.[Zr]. The molecule has 0 saturated heterocycles. The van der Waals surface area contributed by atoms with Crippen LogP contribution in [0.2, 0.25) is 0 Å². The van der Waals surface area contributed by atoms with Crippen molar-refractivity contribution in [3.8, 4) is 0 Å². The summed E-state index contributed by atoms with van der Waals surface area (Å²) in [5.41, 5.74) is 0. The van der Waals surface area contributed by atoms with Crippen molar-refractivity contribution in [1.82, 2.24) is 0 Å². The molecule has 17 heavy (non-hydrogen) atoms. The molecule has 0 unspecified atom stereocenters. The number of aliphatic carboxylic acids is 4. The Hall–Kier alpha value is -1.24. The second-order valence-electron chi connectivity index (χ2n) is 2.57. The quantitative estimate of drug-likeness (QED) is 0.527. The van der Waals surface area contributed by atoms with Crippen LogP contribution in [0, 0.1) is 0 Å². The fourth-order valence-corrected chi connectivity index (χ4v) is 0.428. The summed E-state index contributed by atoms with van der Waals surface area (Å²) in [6.45, 7) is 0. The molecule has 0 amide bonds. The molecule has 0 atom stereocenters. The molecule has 0 aliphatic heterocycles. The molecule has 8 nitrogen and oxygen atoms in total. The maximum absolute atomic E-state index is 9.64. The van der Waals surface area contributed by atoms with Gasteiger partial charge in [-0.25, -0.2) is 0 Å². The maximum Gasteiger partial charge on any atom is 0.303 e. The number of hydrogen-bond donors (Lipinski definition) is 4. The van der Waals surface area contributed by atoms with E-state index in [1.165, 1.54) is 0 Å². The van der Waals surface area contributed by atoms with Crippen LogP contribution in [-0.2, 0) is 45.4 Å². The van der Waals surface area contributed by atoms with Gasteiger partial charge in [0, 0.05) is 26.2 Å². The Kier molecular flexibility index (Phi) is 15.9. The van der Waals surface area contributed by atoms with Crippen molar-refractivity contribution in [2.45, 2.75) is 25.7 Å². The van der Waals surface area contributed by atoms with E-state index in [2.05, 4.69) is 0 Å². The summed E-state index contributed by atoms with van der Waals surface area (Å²) < 4.78 is 0. The van der Waals surface area contributed by atoms with Gasteiger partial charge in [-0.2, -0.15) is 0 Å². The molecule has 0 aromatic rings. The minimum atomic E-state index is -1.08. The second-order valence-corrected chi connectivity index (χ2v) is 2.57. The molecule has 0 aliphatic rings. The van der Waals surface area contributed by atoms with Gasteiger partial charge in [0.1, 0.15) is 0 Å². The average molecular weight is 327 g/mol. The number of carboxylic acids is 4. The van der Waals surface area contributed by atoms with E-state index in [-0.39, 0.29) is 51.9 Å². The predicted molar refractivity (Wildman–Crippen MR) is 49.0 cm³/mol. The first-order chi connectivity index (χ1) is 7.25. The molecule has 0 spiro atoms. The Bertz CT molecular complexity index is 219. The zero-order valence-electron chi connectivity index (χ0n) is 8.75. The van der Waals surface area contributed by atoms with E-state index in [1.54, 1.807) is 0 Å². The van der Waals surface area contributed by atoms with E-state index in [0.29, 0.717) is 0 Å². The molecule has 0 aliphatic carbocycles. The molecule has 0 aromatic carbocycles. The van der Waals surface area contributed by atoms with E-state index >= 15 is 0 Å². The maximum atomic E-state index is 9.64. The van der Waals surface area contributed by atoms with E-state index in [4.69, 9.17) is 20.4 Å². The summed E-state index contributed by atoms with van der Waals surface area (Å²) in [7, 11) is 0. The standard InChI is InChI=1S/2C4H6O4.Zr/c2*5-3(6)1-2-4(7)8;/h2*1-2H2,(H,5,6)(H,7,8);. The van der Waals surface area contributed by atoms with Crippen LogP contribution < -0.4 is 0 Å². The van der Waals surface area contributed by atoms with Gasteiger partial charge in [-0.05, 0) is 0 Å². The number of carboxylic acid groups (broad SMARTS) is 4. The molecule has 4 N–H and O–H groups in total. The van der Waals surface area contributed by atoms with Gasteiger partial charge in [0.05, 0.1) is 25.7 Å². The van der Waals surface area contributed by atoms with Gasteiger partial charge in [-0.15, -0.1) is 0 Å². The third kappa shape index (κ3) is 31.3. The van der Waals surface area contributed by atoms with E-state index in [1.807, 2.05) is 0 Å². The minimum absolute atomic E-state index is 0. The van der Waals surface area contributed by atoms with Crippen LogP contribution >= 0.6 is 0 Å². The second kappa shape index (κ2) is 12.8. The molecule has 0 rings (SSSR count). The van der Waals surface area contributed by atoms with Gasteiger partial charge >= 0.3 is 23.9 Å². The largest absolute Gasteiger partial charge is 0.481 e. The van der Waals surface area contributed by atoms with Crippen molar-refractivity contribution in [2.24, 2.45) is 0 Å². The smallest absolute Gasteiger partial charge is 0.303 e. The molecule has 0 radical (unpaired) electrons. The van der Waals surface area contributed by atoms with Gasteiger partial charge in [-0.1, -0.05) is 0 Å². The van der Waals surface area contributed by atoms with Crippen LogP contribution in [0.25, 0.3) is 0 Å². The molecule has 0 aromatic heterocycles. The van der Waals surface area contributed by atoms with Crippen molar-refractivity contribution in [3.63, 3.8) is 0 Å². The minimum Gasteiger partial charge on any atom is -0.481 e. The van der Waals surface area contributed by atoms with E-state index in [0.717, 1.165) is 0 Å². The summed E-state index contributed by atoms with van der Waals surface area (Å²) in [6, 6.07) is 0. The third-order valence-electron chi connectivity index (χ3n) is 1.11. The van der Waals surface area contributed by atoms with E-state index < -0.39 is 23.9 Å². The topological polar surface area (TPSA) is 149 Å². The summed E-state index contributed by atoms with van der Waals surface area (Å²) in [5.74, 6) is -4.31. The summed E-state index contributed by atoms with van der Waals surface area (Å²) in [5, 5.41) is 31.6. The Morgan fingerprint density at radius 1 is 0.529 bits per heavy atom. The molecular weight excluding hydrogens is 315 g/mol. The molecule has 96 valence electrons. The van der Waals surface area contributed by atoms with Crippen LogP contribution in [0.5, 0.6) is 0 Å². The fraction of sp³-hybridized carbons (Fsp3) is 0.500. The number of carbonyl (C=O) groups is 4. The Morgan fingerprint density at radius 2 is 0.647 bits per heavy atom. The van der Waals surface area contributed by atoms with Gasteiger partial charge in [-0.3, -0.25) is 19.2 Å². The normalized spacial score (nSPS) is 8.00. The van der Waals surface area contributed by atoms with Gasteiger partial charge in [0.25, 0.3) is 0 Å². The van der Waals surface area contributed by atoms with Crippen molar-refractivity contribution < 1.29 is 65.8 Å². The van der Waals surface area contributed by atoms with E-state index in [9.17, 15) is 19.2 Å². The van der Waals surface area contributed by atoms with Crippen LogP contribution in [0.4, 0.5) is 0 Å². The first kappa shape index (κ1) is 21.1. The average Bonchev–Trinajstić information content (AvgIpc) is 2.12. The Balaban J connectivity index is -0.000000218. The van der Waals surface area contributed by atoms with Crippen LogP contribution in [0.15, 0.2) is 0 Å². The molecule has 0 bridgehead atoms. The zero-order valence-corrected chi connectivity index (χ0v) is 11.2. The third-order valence-corrected chi connectivity index (χ3v) is 1.11. The Morgan fingerprint density at radius 3 is 0.706 bits per heavy atom. The first-order valence-electron chi connectivity index (χ1n) is 4.13. The molecule has 9 heteroatoms. The van der Waals surface area contributed by atoms with Crippen molar-refractivity contribution in [3.05, 3.63) is 0 Å². The van der Waals surface area contributed by atoms with Gasteiger partial charge < -0.3 is 20.4 Å². The Labute approximate surface area is 115 Å². The molecular formula is C8H12O8Zr. The zero-order chi connectivity index (χ0) is 13.1. The number of hydrogen-bond acceptors (Lipinski definition) is 4. The van der Waals surface area contributed by atoms with Gasteiger partial charge in [0.2, 0.25) is 0 Å². The summed E-state index contributed by atoms with van der Waals surface area (Å²) in [4.78, 5) is 38.6. The summed E-state index contributed by atoms with van der Waals surface area (Å²) in [6.07, 6.45) is -1.19. The van der Waals surface area contributed by atoms with Crippen LogP contribution in [0.3, 0.4) is 0 Å². The summed E-state index contributed by atoms with van der Waals surface area (Å²) >= 11 is 0. The molecule has 0 heterocycles.